The van der Waals surface area contributed by atoms with E-state index in [1.165, 1.54) is 81.5 Å². The molecule has 2 aliphatic carbocycles. The summed E-state index contributed by atoms with van der Waals surface area (Å²) in [7, 11) is 0. The van der Waals surface area contributed by atoms with E-state index < -0.39 is 0 Å². The maximum Gasteiger partial charge on any atom is 0.159 e. The van der Waals surface area contributed by atoms with Gasteiger partial charge in [-0.2, -0.15) is 0 Å². The predicted octanol–water partition coefficient (Wildman–Crippen LogP) is 12.6. The molecule has 1 aromatic heterocycles. The van der Waals surface area contributed by atoms with E-state index in [2.05, 4.69) is 140 Å². The molecule has 2 nitrogen and oxygen atoms in total. The monoisotopic (exact) mass is 583 g/mol. The van der Waals surface area contributed by atoms with E-state index in [1.54, 1.807) is 0 Å². The summed E-state index contributed by atoms with van der Waals surface area (Å²) in [6.45, 7) is 4.74. The van der Waals surface area contributed by atoms with E-state index in [0.29, 0.717) is 5.92 Å². The van der Waals surface area contributed by atoms with Crippen LogP contribution in [0.5, 0.6) is 0 Å². The van der Waals surface area contributed by atoms with E-state index in [9.17, 15) is 0 Å². The number of fused-ring (bicyclic) bond motifs is 7. The molecule has 0 unspecified atom stereocenters. The molecule has 9 rings (SSSR count). The van der Waals surface area contributed by atoms with Crippen molar-refractivity contribution in [3.63, 3.8) is 0 Å². The van der Waals surface area contributed by atoms with Crippen LogP contribution in [0.4, 0.5) is 17.1 Å². The zero-order chi connectivity index (χ0) is 30.1. The summed E-state index contributed by atoms with van der Waals surface area (Å²) in [5.74, 6) is 0.578. The van der Waals surface area contributed by atoms with Gasteiger partial charge in [0.2, 0.25) is 0 Å². The van der Waals surface area contributed by atoms with Gasteiger partial charge in [0, 0.05) is 27.6 Å². The van der Waals surface area contributed by atoms with Crippen molar-refractivity contribution >= 4 is 49.8 Å². The molecule has 0 N–H and O–H groups in total. The van der Waals surface area contributed by atoms with Crippen molar-refractivity contribution in [1.29, 1.82) is 0 Å². The number of anilines is 3. The Balaban J connectivity index is 1.24. The van der Waals surface area contributed by atoms with Gasteiger partial charge in [0.25, 0.3) is 0 Å². The van der Waals surface area contributed by atoms with Gasteiger partial charge in [0.1, 0.15) is 5.58 Å². The molecular formula is C43H37NO. The number of furan rings is 1. The summed E-state index contributed by atoms with van der Waals surface area (Å²) >= 11 is 0. The molecule has 7 aromatic rings. The van der Waals surface area contributed by atoms with Crippen LogP contribution in [0.3, 0.4) is 0 Å². The molecule has 0 radical (unpaired) electrons. The van der Waals surface area contributed by atoms with E-state index >= 15 is 0 Å². The third kappa shape index (κ3) is 4.08. The summed E-state index contributed by atoms with van der Waals surface area (Å²) in [5, 5.41) is 4.99. The summed E-state index contributed by atoms with van der Waals surface area (Å²) in [6.07, 6.45) is 6.47. The quantitative estimate of drug-likeness (QED) is 0.205. The van der Waals surface area contributed by atoms with Gasteiger partial charge in [-0.25, -0.2) is 0 Å². The number of para-hydroxylation sites is 3. The maximum atomic E-state index is 6.98. The minimum absolute atomic E-state index is 0.118. The Morgan fingerprint density at radius 3 is 2.07 bits per heavy atom. The van der Waals surface area contributed by atoms with Gasteiger partial charge < -0.3 is 9.32 Å². The minimum Gasteiger partial charge on any atom is -0.454 e. The van der Waals surface area contributed by atoms with E-state index in [0.717, 1.165) is 28.2 Å². The first-order valence-corrected chi connectivity index (χ1v) is 16.6. The predicted molar refractivity (Wildman–Crippen MR) is 189 cm³/mol. The van der Waals surface area contributed by atoms with Crippen LogP contribution in [0.2, 0.25) is 0 Å². The SMILES string of the molecule is CC1(C)c2cc(N(c3ccccc3)c3cccc4c3oc3c(C5CCCCC5)cccc34)ccc2-c2cc3ccccc3cc21. The van der Waals surface area contributed by atoms with Gasteiger partial charge in [-0.3, -0.25) is 0 Å². The van der Waals surface area contributed by atoms with Crippen LogP contribution in [0.15, 0.2) is 126 Å². The molecule has 0 atom stereocenters. The highest BCUT2D eigenvalue weighted by Crippen LogP contribution is 2.52. The van der Waals surface area contributed by atoms with Crippen LogP contribution in [-0.4, -0.2) is 0 Å². The van der Waals surface area contributed by atoms with E-state index in [4.69, 9.17) is 4.42 Å². The third-order valence-corrected chi connectivity index (χ3v) is 10.6. The standard InChI is InChI=1S/C43H37NO/c1-43(2)38-26-30-16-10-9-15-29(30)25-37(38)34-24-23-32(27-39(34)43)44(31-17-7-4-8-18-31)40-22-12-21-36-35-20-11-19-33(41(35)45-42(36)40)28-13-5-3-6-14-28/h4,7-12,15-28H,3,5-6,13-14H2,1-2H3. The highest BCUT2D eigenvalue weighted by atomic mass is 16.3. The lowest BCUT2D eigenvalue weighted by atomic mass is 9.81. The van der Waals surface area contributed by atoms with Crippen LogP contribution in [-0.2, 0) is 5.41 Å². The Morgan fingerprint density at radius 1 is 0.578 bits per heavy atom. The topological polar surface area (TPSA) is 16.4 Å². The second kappa shape index (κ2) is 10.1. The number of hydrogen-bond donors (Lipinski definition) is 0. The lowest BCUT2D eigenvalue weighted by molar-refractivity contribution is 0.442. The van der Waals surface area contributed by atoms with Crippen molar-refractivity contribution in [3.05, 3.63) is 138 Å². The molecule has 0 spiro atoms. The van der Waals surface area contributed by atoms with Crippen LogP contribution in [0, 0.1) is 0 Å². The molecular weight excluding hydrogens is 546 g/mol. The minimum atomic E-state index is -0.118. The molecule has 1 fully saturated rings. The Hall–Kier alpha value is -4.82. The van der Waals surface area contributed by atoms with Crippen LogP contribution in [0.1, 0.15) is 68.6 Å². The average Bonchev–Trinajstić information content (AvgIpc) is 3.57. The Bertz CT molecular complexity index is 2230. The lowest BCUT2D eigenvalue weighted by Crippen LogP contribution is -2.16. The van der Waals surface area contributed by atoms with E-state index in [1.807, 2.05) is 0 Å². The second-order valence-electron chi connectivity index (χ2n) is 13.6. The third-order valence-electron chi connectivity index (χ3n) is 10.6. The molecule has 0 bridgehead atoms. The average molecular weight is 584 g/mol. The first-order chi connectivity index (χ1) is 22.1. The molecule has 2 aliphatic rings. The van der Waals surface area contributed by atoms with Crippen molar-refractivity contribution in [3.8, 4) is 11.1 Å². The summed E-state index contributed by atoms with van der Waals surface area (Å²) in [4.78, 5) is 2.39. The molecule has 0 aliphatic heterocycles. The van der Waals surface area contributed by atoms with Gasteiger partial charge >= 0.3 is 0 Å². The molecule has 45 heavy (non-hydrogen) atoms. The van der Waals surface area contributed by atoms with E-state index in [-0.39, 0.29) is 5.41 Å². The highest BCUT2D eigenvalue weighted by Gasteiger charge is 2.36. The molecule has 220 valence electrons. The fourth-order valence-electron chi connectivity index (χ4n) is 8.29. The molecule has 1 saturated carbocycles. The number of hydrogen-bond acceptors (Lipinski definition) is 2. The number of rotatable bonds is 4. The van der Waals surface area contributed by atoms with Crippen LogP contribution < -0.4 is 4.90 Å². The Labute approximate surface area is 264 Å². The van der Waals surface area contributed by atoms with Crippen LogP contribution in [0.25, 0.3) is 43.8 Å². The smallest absolute Gasteiger partial charge is 0.159 e. The van der Waals surface area contributed by atoms with Gasteiger partial charge in [-0.1, -0.05) is 112 Å². The molecule has 0 amide bonds. The molecule has 1 heterocycles. The second-order valence-corrected chi connectivity index (χ2v) is 13.6. The highest BCUT2D eigenvalue weighted by molar-refractivity contribution is 6.11. The van der Waals surface area contributed by atoms with Crippen molar-refractivity contribution in [2.45, 2.75) is 57.3 Å². The molecule has 0 saturated heterocycles. The van der Waals surface area contributed by atoms with Gasteiger partial charge in [-0.15, -0.1) is 0 Å². The fraction of sp³-hybridized carbons (Fsp3) is 0.209. The largest absolute Gasteiger partial charge is 0.454 e. The molecule has 2 heteroatoms. The zero-order valence-electron chi connectivity index (χ0n) is 26.0. The fourth-order valence-corrected chi connectivity index (χ4v) is 8.29. The summed E-state index contributed by atoms with van der Waals surface area (Å²) in [6, 6.07) is 44.7. The zero-order valence-corrected chi connectivity index (χ0v) is 26.0. The summed E-state index contributed by atoms with van der Waals surface area (Å²) < 4.78 is 6.98. The Morgan fingerprint density at radius 2 is 1.27 bits per heavy atom. The van der Waals surface area contributed by atoms with Crippen molar-refractivity contribution in [2.24, 2.45) is 0 Å². The van der Waals surface area contributed by atoms with Gasteiger partial charge in [0.05, 0.1) is 5.69 Å². The molecule has 6 aromatic carbocycles. The van der Waals surface area contributed by atoms with Crippen molar-refractivity contribution in [1.82, 2.24) is 0 Å². The van der Waals surface area contributed by atoms with Crippen LogP contribution >= 0.6 is 0 Å². The van der Waals surface area contributed by atoms with Gasteiger partial charge in [-0.05, 0) is 99.8 Å². The van der Waals surface area contributed by atoms with Crippen molar-refractivity contribution in [2.75, 3.05) is 4.90 Å². The first kappa shape index (κ1) is 26.6. The summed E-state index contributed by atoms with van der Waals surface area (Å²) in [5.41, 5.74) is 12.1. The normalized spacial score (nSPS) is 15.9. The Kier molecular flexibility index (Phi) is 5.97. The number of nitrogens with zero attached hydrogens (tertiary/aromatic N) is 1. The van der Waals surface area contributed by atoms with Crippen molar-refractivity contribution < 1.29 is 4.42 Å². The first-order valence-electron chi connectivity index (χ1n) is 16.6. The van der Waals surface area contributed by atoms with Gasteiger partial charge in [0.15, 0.2) is 5.58 Å². The number of benzene rings is 6. The maximum absolute atomic E-state index is 6.98. The lowest BCUT2D eigenvalue weighted by Gasteiger charge is -2.28.